The van der Waals surface area contributed by atoms with Gasteiger partial charge in [-0.2, -0.15) is 0 Å². The molecule has 138 valence electrons. The summed E-state index contributed by atoms with van der Waals surface area (Å²) >= 11 is 0. The first-order chi connectivity index (χ1) is 11.2. The molecule has 9 heteroatoms. The normalized spacial score (nSPS) is 11.2. The molecule has 0 atom stereocenters. The average Bonchev–Trinajstić information content (AvgIpc) is 2.99. The number of aromatic nitrogens is 3. The van der Waals surface area contributed by atoms with Gasteiger partial charge < -0.3 is 10.4 Å². The molecule has 0 aliphatic carbocycles. The number of aryl methyl sites for hydroxylation is 1. The van der Waals surface area contributed by atoms with Crippen LogP contribution in [0.1, 0.15) is 49.7 Å². The van der Waals surface area contributed by atoms with E-state index in [1.807, 2.05) is 0 Å². The molecular formula is C16H23ClN4O4. The van der Waals surface area contributed by atoms with Crippen molar-refractivity contribution in [2.24, 2.45) is 5.41 Å². The Morgan fingerprint density at radius 3 is 2.68 bits per heavy atom. The van der Waals surface area contributed by atoms with E-state index in [2.05, 4.69) is 36.2 Å². The van der Waals surface area contributed by atoms with Gasteiger partial charge in [0.25, 0.3) is 5.91 Å². The molecule has 0 aromatic carbocycles. The van der Waals surface area contributed by atoms with Gasteiger partial charge in [0, 0.05) is 11.8 Å². The topological polar surface area (TPSA) is 117 Å². The number of carboxylic acids is 1. The molecule has 1 amide bonds. The van der Waals surface area contributed by atoms with E-state index in [-0.39, 0.29) is 29.0 Å². The number of H-pyrrole nitrogens is 1. The Morgan fingerprint density at radius 2 is 2.08 bits per heavy atom. The van der Waals surface area contributed by atoms with E-state index >= 15 is 0 Å². The monoisotopic (exact) mass is 370 g/mol. The van der Waals surface area contributed by atoms with Gasteiger partial charge >= 0.3 is 5.97 Å². The third kappa shape index (κ3) is 4.82. The number of hydrogen-bond acceptors (Lipinski definition) is 4. The maximum Gasteiger partial charge on any atom is 0.322 e. The zero-order valence-corrected chi connectivity index (χ0v) is 15.3. The number of pyridine rings is 1. The van der Waals surface area contributed by atoms with Gasteiger partial charge in [-0.05, 0) is 18.3 Å². The van der Waals surface area contributed by atoms with Gasteiger partial charge in [0.2, 0.25) is 0 Å². The van der Waals surface area contributed by atoms with E-state index in [0.29, 0.717) is 6.42 Å². The summed E-state index contributed by atoms with van der Waals surface area (Å²) in [4.78, 5) is 39.1. The third-order valence-electron chi connectivity index (χ3n) is 4.28. The lowest BCUT2D eigenvalue weighted by Gasteiger charge is -2.22. The van der Waals surface area contributed by atoms with Crippen molar-refractivity contribution in [3.8, 4) is 0 Å². The first-order valence-electron chi connectivity index (χ1n) is 7.83. The number of halogens is 1. The van der Waals surface area contributed by atoms with Crippen LogP contribution < -0.4 is 10.7 Å². The van der Waals surface area contributed by atoms with E-state index in [9.17, 15) is 14.4 Å². The minimum absolute atomic E-state index is 0. The molecule has 2 aromatic heterocycles. The minimum atomic E-state index is -1.18. The number of amides is 1. The number of nitrogens with one attached hydrogen (secondary N) is 2. The lowest BCUT2D eigenvalue weighted by molar-refractivity contribution is -0.135. The molecule has 2 aromatic rings. The average molecular weight is 371 g/mol. The van der Waals surface area contributed by atoms with Crippen molar-refractivity contribution >= 4 is 29.9 Å². The lowest BCUT2D eigenvalue weighted by atomic mass is 9.84. The zero-order valence-electron chi connectivity index (χ0n) is 14.5. The van der Waals surface area contributed by atoms with Crippen LogP contribution in [0.2, 0.25) is 0 Å². The number of nitrogens with zero attached hydrogens (tertiary/aromatic N) is 2. The van der Waals surface area contributed by atoms with Gasteiger partial charge in [-0.15, -0.1) is 12.4 Å². The van der Waals surface area contributed by atoms with Crippen molar-refractivity contribution in [2.45, 2.75) is 40.0 Å². The van der Waals surface area contributed by atoms with Crippen molar-refractivity contribution in [2.75, 3.05) is 6.54 Å². The molecule has 0 radical (unpaired) electrons. The number of carbonyl (C=O) groups excluding carboxylic acids is 1. The predicted molar refractivity (Wildman–Crippen MR) is 95.4 cm³/mol. The number of carbonyl (C=O) groups is 2. The van der Waals surface area contributed by atoms with Crippen molar-refractivity contribution in [1.82, 2.24) is 19.9 Å². The summed E-state index contributed by atoms with van der Waals surface area (Å²) in [7, 11) is 0. The van der Waals surface area contributed by atoms with Crippen LogP contribution in [0.5, 0.6) is 0 Å². The summed E-state index contributed by atoms with van der Waals surface area (Å²) in [6, 6.07) is 1.41. The summed E-state index contributed by atoms with van der Waals surface area (Å²) in [5.74, 6) is -1.92. The highest BCUT2D eigenvalue weighted by atomic mass is 35.5. The summed E-state index contributed by atoms with van der Waals surface area (Å²) in [5, 5.41) is 13.7. The number of aromatic amines is 1. The van der Waals surface area contributed by atoms with Gasteiger partial charge in [-0.25, -0.2) is 9.50 Å². The van der Waals surface area contributed by atoms with Crippen LogP contribution >= 0.6 is 12.4 Å². The van der Waals surface area contributed by atoms with Crippen molar-refractivity contribution in [3.63, 3.8) is 0 Å². The van der Waals surface area contributed by atoms with Crippen LogP contribution in [0.15, 0.2) is 17.2 Å². The summed E-state index contributed by atoms with van der Waals surface area (Å²) < 4.78 is 1.60. The Bertz CT molecular complexity index is 825. The fourth-order valence-corrected chi connectivity index (χ4v) is 2.35. The van der Waals surface area contributed by atoms with Gasteiger partial charge in [-0.1, -0.05) is 27.2 Å². The fourth-order valence-electron chi connectivity index (χ4n) is 2.35. The van der Waals surface area contributed by atoms with Crippen LogP contribution in [0.4, 0.5) is 0 Å². The Kier molecular flexibility index (Phi) is 6.75. The Balaban J connectivity index is 0.00000312. The number of hydrogen-bond donors (Lipinski definition) is 3. The molecule has 0 spiro atoms. The van der Waals surface area contributed by atoms with Gasteiger partial charge in [0.15, 0.2) is 11.1 Å². The highest BCUT2D eigenvalue weighted by molar-refractivity contribution is 6.00. The smallest absolute Gasteiger partial charge is 0.322 e. The molecule has 25 heavy (non-hydrogen) atoms. The quantitative estimate of drug-likeness (QED) is 0.684. The molecule has 0 fully saturated rings. The van der Waals surface area contributed by atoms with Crippen molar-refractivity contribution < 1.29 is 14.7 Å². The van der Waals surface area contributed by atoms with Crippen LogP contribution in [0, 0.1) is 5.41 Å². The molecule has 0 aliphatic heterocycles. The second-order valence-corrected chi connectivity index (χ2v) is 6.52. The Labute approximate surface area is 151 Å². The third-order valence-corrected chi connectivity index (χ3v) is 4.28. The number of rotatable bonds is 7. The highest BCUT2D eigenvalue weighted by Gasteiger charge is 2.21. The van der Waals surface area contributed by atoms with E-state index in [1.54, 1.807) is 4.52 Å². The first kappa shape index (κ1) is 20.7. The molecule has 0 bridgehead atoms. The molecular weight excluding hydrogens is 348 g/mol. The molecule has 0 aliphatic rings. The van der Waals surface area contributed by atoms with Crippen LogP contribution in [-0.2, 0) is 11.2 Å². The molecule has 0 saturated heterocycles. The number of aliphatic carboxylic acids is 1. The Morgan fingerprint density at radius 1 is 1.40 bits per heavy atom. The maximum absolute atomic E-state index is 12.4. The van der Waals surface area contributed by atoms with Crippen LogP contribution in [0.3, 0.4) is 0 Å². The van der Waals surface area contributed by atoms with Gasteiger partial charge in [0.05, 0.1) is 0 Å². The zero-order chi connectivity index (χ0) is 17.9. The van der Waals surface area contributed by atoms with Gasteiger partial charge in [-0.3, -0.25) is 19.5 Å². The van der Waals surface area contributed by atoms with Crippen molar-refractivity contribution in [1.29, 1.82) is 0 Å². The maximum atomic E-state index is 12.4. The van der Waals surface area contributed by atoms with Gasteiger partial charge in [0.1, 0.15) is 18.4 Å². The van der Waals surface area contributed by atoms with E-state index in [4.69, 9.17) is 5.11 Å². The van der Waals surface area contributed by atoms with E-state index in [0.717, 1.165) is 18.5 Å². The number of carboxylic acid groups (broad SMARTS) is 1. The summed E-state index contributed by atoms with van der Waals surface area (Å²) in [6.45, 7) is 5.89. The number of fused-ring (bicyclic) bond motifs is 1. The second kappa shape index (κ2) is 8.15. The molecule has 0 saturated carbocycles. The second-order valence-electron chi connectivity index (χ2n) is 6.52. The molecule has 2 heterocycles. The highest BCUT2D eigenvalue weighted by Crippen LogP contribution is 2.26. The molecule has 3 N–H and O–H groups in total. The molecule has 0 unspecified atom stereocenters. The summed E-state index contributed by atoms with van der Waals surface area (Å²) in [5.41, 5.74) is 0.469. The molecule has 8 nitrogen and oxygen atoms in total. The lowest BCUT2D eigenvalue weighted by Crippen LogP contribution is -2.33. The van der Waals surface area contributed by atoms with E-state index < -0.39 is 23.9 Å². The van der Waals surface area contributed by atoms with E-state index in [1.165, 1.54) is 12.4 Å². The van der Waals surface area contributed by atoms with Crippen LogP contribution in [0.25, 0.3) is 5.65 Å². The summed E-state index contributed by atoms with van der Waals surface area (Å²) in [6.07, 6.45) is 3.96. The standard InChI is InChI=1S/C16H22N4O4.ClH/c1-4-16(2,3)6-5-10-7-11(21)13(14-18-9-19-20(10)14)15(24)17-8-12(22)23;/h7,9H,4-6,8H2,1-3H3,(H,17,24)(H,18,19)(H,22,23);1H. The SMILES string of the molecule is CCC(C)(C)CCc1cc(=O)c(C(=O)NCC(=O)O)c2nc[nH]n12.Cl. The van der Waals surface area contributed by atoms with Crippen molar-refractivity contribution in [3.05, 3.63) is 33.9 Å². The Hall–Kier alpha value is -2.35. The predicted octanol–water partition coefficient (Wildman–Crippen LogP) is 1.63. The first-order valence-corrected chi connectivity index (χ1v) is 7.83. The van der Waals surface area contributed by atoms with Crippen LogP contribution in [-0.4, -0.2) is 38.1 Å². The largest absolute Gasteiger partial charge is 0.480 e. The molecule has 2 rings (SSSR count). The fraction of sp³-hybridized carbons (Fsp3) is 0.500. The minimum Gasteiger partial charge on any atom is -0.480 e.